The predicted octanol–water partition coefficient (Wildman–Crippen LogP) is 2.29. The normalized spacial score (nSPS) is 15.9. The molecule has 0 aromatic rings. The molecule has 1 aliphatic rings. The maximum atomic E-state index is 7.44. The summed E-state index contributed by atoms with van der Waals surface area (Å²) in [4.78, 5) is 0. The first-order valence-electron chi connectivity index (χ1n) is 4.38. The Kier molecular flexibility index (Phi) is 19.4. The zero-order valence-corrected chi connectivity index (χ0v) is 11.5. The van der Waals surface area contributed by atoms with Gasteiger partial charge in [0, 0.05) is 12.5 Å². The first kappa shape index (κ1) is 20.0. The standard InChI is InChI=1S/C6H12O2.C2H5O.CH4.CH3.W/c1-6(3-7-2)4-8-5-6;1-2-3;;;/h3-5H2,1-2H3;2-3H,1H3;1H4;1H3;/q;-1;;-1;+2/i;;;1D;. The van der Waals surface area contributed by atoms with Crippen LogP contribution in [0, 0.1) is 19.4 Å². The molecule has 0 aliphatic carbocycles. The Morgan fingerprint density at radius 1 is 1.64 bits per heavy atom. The minimum atomic E-state index is 0. The molecule has 0 aromatic carbocycles. The van der Waals surface area contributed by atoms with Crippen LogP contribution in [-0.4, -0.2) is 32.0 Å². The van der Waals surface area contributed by atoms with Crippen LogP contribution in [0.3, 0.4) is 0 Å². The molecule has 0 unspecified atom stereocenters. The number of rotatable bonds is 2. The molecular formula is C10H24O3W. The average Bonchev–Trinajstić information content (AvgIpc) is 2.07. The maximum Gasteiger partial charge on any atom is 2.00 e. The number of ether oxygens (including phenoxy) is 2. The van der Waals surface area contributed by atoms with Gasteiger partial charge in [-0.05, 0) is 0 Å². The molecule has 0 bridgehead atoms. The fourth-order valence-electron chi connectivity index (χ4n) is 0.882. The second kappa shape index (κ2) is 13.6. The first-order valence-corrected chi connectivity index (χ1v) is 3.67. The first-order chi connectivity index (χ1) is 6.18. The summed E-state index contributed by atoms with van der Waals surface area (Å²) in [5, 5.41) is 7.44. The second-order valence-corrected chi connectivity index (χ2v) is 2.99. The van der Waals surface area contributed by atoms with E-state index in [1.165, 1.54) is 0 Å². The molecule has 1 saturated heterocycles. The van der Waals surface area contributed by atoms with Crippen molar-refractivity contribution in [2.45, 2.75) is 21.3 Å². The van der Waals surface area contributed by atoms with E-state index in [9.17, 15) is 0 Å². The van der Waals surface area contributed by atoms with Gasteiger partial charge in [0.25, 0.3) is 0 Å². The molecule has 0 radical (unpaired) electrons. The molecule has 88 valence electrons. The van der Waals surface area contributed by atoms with Crippen LogP contribution in [0.5, 0.6) is 0 Å². The average molecular weight is 377 g/mol. The molecule has 0 amide bonds. The minimum absolute atomic E-state index is 0. The molecule has 1 N–H and O–H groups in total. The molecule has 0 aromatic heterocycles. The van der Waals surface area contributed by atoms with E-state index in [0.29, 0.717) is 5.41 Å². The third-order valence-electron chi connectivity index (χ3n) is 1.39. The number of aliphatic hydroxyl groups excluding tert-OH is 1. The fourth-order valence-corrected chi connectivity index (χ4v) is 0.882. The van der Waals surface area contributed by atoms with Crippen molar-refractivity contribution in [3.63, 3.8) is 0 Å². The van der Waals surface area contributed by atoms with Gasteiger partial charge in [-0.15, -0.1) is 0 Å². The Balaban J connectivity index is -0.0000000763. The molecule has 0 spiro atoms. The zero-order chi connectivity index (χ0) is 10.7. The van der Waals surface area contributed by atoms with Crippen LogP contribution < -0.4 is 0 Å². The SMILES string of the molecule is C.COCC1(C)COC1.C[CH-]O.[2H][CH2-].[W+2]. The van der Waals surface area contributed by atoms with Crippen LogP contribution in [0.15, 0.2) is 0 Å². The fraction of sp³-hybridized carbons (Fsp3) is 0.800. The van der Waals surface area contributed by atoms with E-state index < -0.39 is 0 Å². The molecule has 1 rings (SSSR count). The Morgan fingerprint density at radius 3 is 2.07 bits per heavy atom. The predicted molar refractivity (Wildman–Crippen MR) is 55.9 cm³/mol. The summed E-state index contributed by atoms with van der Waals surface area (Å²) in [6, 6.07) is 0. The number of hydrogen-bond donors (Lipinski definition) is 1. The van der Waals surface area contributed by atoms with Crippen LogP contribution in [0.4, 0.5) is 0 Å². The molecule has 3 nitrogen and oxygen atoms in total. The Morgan fingerprint density at radius 2 is 2.00 bits per heavy atom. The number of methoxy groups -OCH3 is 1. The van der Waals surface area contributed by atoms with Crippen LogP contribution in [0.2, 0.25) is 0 Å². The summed E-state index contributed by atoms with van der Waals surface area (Å²) in [5.74, 6) is 0. The van der Waals surface area contributed by atoms with Gasteiger partial charge in [0.1, 0.15) is 0 Å². The largest absolute Gasteiger partial charge is 2.00 e. The summed E-state index contributed by atoms with van der Waals surface area (Å²) in [7, 11) is 4.23. The van der Waals surface area contributed by atoms with Crippen LogP contribution >= 0.6 is 0 Å². The monoisotopic (exact) mass is 377 g/mol. The smallest absolute Gasteiger partial charge is 0.566 e. The van der Waals surface area contributed by atoms with Gasteiger partial charge in [-0.2, -0.15) is 6.92 Å². The van der Waals surface area contributed by atoms with Crippen molar-refractivity contribution in [2.24, 2.45) is 5.41 Å². The van der Waals surface area contributed by atoms with Crippen molar-refractivity contribution in [1.82, 2.24) is 0 Å². The molecule has 0 saturated carbocycles. The molecular weight excluding hydrogens is 352 g/mol. The van der Waals surface area contributed by atoms with E-state index in [1.807, 2.05) is 0 Å². The molecule has 1 fully saturated rings. The molecule has 4 heteroatoms. The maximum absolute atomic E-state index is 7.44. The molecule has 0 atom stereocenters. The van der Waals surface area contributed by atoms with E-state index in [1.54, 1.807) is 14.0 Å². The summed E-state index contributed by atoms with van der Waals surface area (Å²) in [6.07, 6.45) is 0. The van der Waals surface area contributed by atoms with Gasteiger partial charge in [-0.1, -0.05) is 14.4 Å². The van der Waals surface area contributed by atoms with E-state index in [-0.39, 0.29) is 28.5 Å². The van der Waals surface area contributed by atoms with Gasteiger partial charge in [-0.25, -0.2) is 7.98 Å². The van der Waals surface area contributed by atoms with Crippen molar-refractivity contribution in [1.29, 1.82) is 0 Å². The molecule has 1 aliphatic heterocycles. The van der Waals surface area contributed by atoms with E-state index in [4.69, 9.17) is 16.0 Å². The Bertz CT molecular complexity index is 101. The van der Waals surface area contributed by atoms with Crippen LogP contribution in [-0.2, 0) is 30.5 Å². The minimum Gasteiger partial charge on any atom is -0.566 e. The summed E-state index contributed by atoms with van der Waals surface area (Å²) in [5.41, 5.74) is 0.328. The summed E-state index contributed by atoms with van der Waals surface area (Å²) in [6.45, 7) is 7.27. The number of hydrogen-bond acceptors (Lipinski definition) is 3. The Hall–Kier alpha value is 0.568. The van der Waals surface area contributed by atoms with Crippen LogP contribution in [0.25, 0.3) is 0 Å². The van der Waals surface area contributed by atoms with E-state index in [2.05, 4.69) is 14.3 Å². The van der Waals surface area contributed by atoms with Crippen molar-refractivity contribution in [2.75, 3.05) is 26.9 Å². The third-order valence-corrected chi connectivity index (χ3v) is 1.39. The zero-order valence-electron chi connectivity index (χ0n) is 9.58. The van der Waals surface area contributed by atoms with Crippen molar-refractivity contribution >= 4 is 0 Å². The van der Waals surface area contributed by atoms with E-state index >= 15 is 0 Å². The van der Waals surface area contributed by atoms with Gasteiger partial charge in [0.2, 0.25) is 0 Å². The van der Waals surface area contributed by atoms with Gasteiger partial charge in [0.15, 0.2) is 0 Å². The summed E-state index contributed by atoms with van der Waals surface area (Å²) >= 11 is 0. The number of aliphatic hydroxyl groups is 1. The van der Waals surface area contributed by atoms with Gasteiger partial charge in [0.05, 0.1) is 19.8 Å². The van der Waals surface area contributed by atoms with Crippen molar-refractivity contribution in [3.8, 4) is 0 Å². The quantitative estimate of drug-likeness (QED) is 0.751. The van der Waals surface area contributed by atoms with Crippen molar-refractivity contribution < 1.29 is 37.0 Å². The van der Waals surface area contributed by atoms with Gasteiger partial charge >= 0.3 is 21.1 Å². The topological polar surface area (TPSA) is 38.7 Å². The summed E-state index contributed by atoms with van der Waals surface area (Å²) < 4.78 is 15.5. The van der Waals surface area contributed by atoms with Gasteiger partial charge < -0.3 is 22.0 Å². The van der Waals surface area contributed by atoms with Crippen LogP contribution in [0.1, 0.15) is 22.6 Å². The molecule has 1 heterocycles. The molecule has 14 heavy (non-hydrogen) atoms. The second-order valence-electron chi connectivity index (χ2n) is 2.99. The Labute approximate surface area is 105 Å². The third kappa shape index (κ3) is 10.6. The van der Waals surface area contributed by atoms with Gasteiger partial charge in [-0.3, -0.25) is 0 Å². The van der Waals surface area contributed by atoms with Crippen molar-refractivity contribution in [3.05, 3.63) is 14.0 Å². The van der Waals surface area contributed by atoms with E-state index in [0.717, 1.165) is 26.4 Å².